The molecule has 2 aromatic carbocycles. The minimum Gasteiger partial charge on any atom is -0.371 e. The molecule has 4 aliphatic rings. The summed E-state index contributed by atoms with van der Waals surface area (Å²) < 4.78 is 2.23. The van der Waals surface area contributed by atoms with Crippen molar-refractivity contribution in [2.45, 2.75) is 26.2 Å². The standard InChI is InChI=1S/C40H41N9O4/c1-25-20-28(27-6-7-29-31-23-41-12-8-32(31)44(2)34(29)21-27)22-42-37(25)47-18-16-45(17-19-47)24-26-9-13-46(14-10-26)33-5-3-4-30-36(33)39(52)49(38(30)51)48-15-11-35(50)43-40(48)53/h3-8,12,20-23,26H,9-11,13-19,24H2,1-2H3,(H,43,50,53). The number of pyridine rings is 2. The Bertz CT molecular complexity index is 2320. The maximum absolute atomic E-state index is 13.6. The van der Waals surface area contributed by atoms with E-state index < -0.39 is 23.8 Å². The maximum Gasteiger partial charge on any atom is 0.343 e. The molecule has 53 heavy (non-hydrogen) atoms. The van der Waals surface area contributed by atoms with Crippen molar-refractivity contribution < 1.29 is 19.2 Å². The lowest BCUT2D eigenvalue weighted by Crippen LogP contribution is -2.58. The normalized spacial score (nSPS) is 18.8. The second kappa shape index (κ2) is 13.0. The molecular weight excluding hydrogens is 670 g/mol. The molecule has 3 saturated heterocycles. The smallest absolute Gasteiger partial charge is 0.343 e. The van der Waals surface area contributed by atoms with Gasteiger partial charge in [0.1, 0.15) is 5.82 Å². The van der Waals surface area contributed by atoms with E-state index in [0.717, 1.165) is 96.7 Å². The number of hydrogen-bond acceptors (Lipinski definition) is 9. The zero-order valence-corrected chi connectivity index (χ0v) is 29.9. The van der Waals surface area contributed by atoms with Gasteiger partial charge in [-0.2, -0.15) is 5.01 Å². The molecule has 13 nitrogen and oxygen atoms in total. The summed E-state index contributed by atoms with van der Waals surface area (Å²) in [6, 6.07) is 15.5. The van der Waals surface area contributed by atoms with Crippen LogP contribution in [0.1, 0.15) is 45.5 Å². The van der Waals surface area contributed by atoms with E-state index >= 15 is 0 Å². The Kier molecular flexibility index (Phi) is 8.10. The fraction of sp³-hybridized carbons (Fsp3) is 0.350. The van der Waals surface area contributed by atoms with Crippen molar-refractivity contribution in [2.24, 2.45) is 13.0 Å². The Morgan fingerprint density at radius 1 is 0.792 bits per heavy atom. The van der Waals surface area contributed by atoms with Crippen molar-refractivity contribution in [1.82, 2.24) is 34.8 Å². The first kappa shape index (κ1) is 33.0. The summed E-state index contributed by atoms with van der Waals surface area (Å²) in [6.45, 7) is 8.53. The number of aryl methyl sites for hydroxylation is 2. The van der Waals surface area contributed by atoms with Crippen molar-refractivity contribution in [2.75, 3.05) is 62.2 Å². The Morgan fingerprint density at radius 2 is 1.60 bits per heavy atom. The number of hydrogen-bond donors (Lipinski definition) is 1. The van der Waals surface area contributed by atoms with Gasteiger partial charge in [0.25, 0.3) is 11.8 Å². The van der Waals surface area contributed by atoms with Gasteiger partial charge in [0.05, 0.1) is 28.9 Å². The predicted molar refractivity (Wildman–Crippen MR) is 202 cm³/mol. The second-order valence-corrected chi connectivity index (χ2v) is 14.6. The van der Waals surface area contributed by atoms with Gasteiger partial charge in [-0.05, 0) is 67.1 Å². The lowest BCUT2D eigenvalue weighted by atomic mass is 9.94. The number of carbonyl (C=O) groups is 4. The molecule has 13 heteroatoms. The average Bonchev–Trinajstić information content (AvgIpc) is 3.61. The van der Waals surface area contributed by atoms with Crippen LogP contribution in [0.2, 0.25) is 0 Å². The topological polar surface area (TPSA) is 127 Å². The number of aromatic nitrogens is 3. The molecule has 0 aliphatic carbocycles. The summed E-state index contributed by atoms with van der Waals surface area (Å²) in [4.78, 5) is 67.5. The van der Waals surface area contributed by atoms with Gasteiger partial charge in [0, 0.05) is 99.7 Å². The van der Waals surface area contributed by atoms with Crippen LogP contribution in [0, 0.1) is 12.8 Å². The molecule has 0 spiro atoms. The number of piperazine rings is 1. The monoisotopic (exact) mass is 711 g/mol. The largest absolute Gasteiger partial charge is 0.371 e. The van der Waals surface area contributed by atoms with Crippen LogP contribution in [0.3, 0.4) is 0 Å². The summed E-state index contributed by atoms with van der Waals surface area (Å²) in [7, 11) is 2.10. The first-order valence-electron chi connectivity index (χ1n) is 18.4. The van der Waals surface area contributed by atoms with E-state index in [1.165, 1.54) is 22.0 Å². The fourth-order valence-electron chi connectivity index (χ4n) is 8.64. The third kappa shape index (κ3) is 5.66. The van der Waals surface area contributed by atoms with Gasteiger partial charge in [-0.3, -0.25) is 29.6 Å². The summed E-state index contributed by atoms with van der Waals surface area (Å²) in [6.07, 6.45) is 7.77. The molecule has 5 amide bonds. The molecule has 0 atom stereocenters. The van der Waals surface area contributed by atoms with Gasteiger partial charge in [0.2, 0.25) is 5.91 Å². The number of urea groups is 1. The van der Waals surface area contributed by atoms with E-state index in [2.05, 4.69) is 73.9 Å². The van der Waals surface area contributed by atoms with Gasteiger partial charge >= 0.3 is 6.03 Å². The molecule has 9 rings (SSSR count). The molecule has 4 aliphatic heterocycles. The predicted octanol–water partition coefficient (Wildman–Crippen LogP) is 4.59. The molecule has 0 unspecified atom stereocenters. The summed E-state index contributed by atoms with van der Waals surface area (Å²) in [5.41, 5.74) is 7.14. The van der Waals surface area contributed by atoms with Gasteiger partial charge in [-0.25, -0.2) is 14.8 Å². The Hall–Kier alpha value is -5.82. The number of imide groups is 2. The molecule has 3 aromatic heterocycles. The van der Waals surface area contributed by atoms with E-state index in [0.29, 0.717) is 11.5 Å². The van der Waals surface area contributed by atoms with Crippen LogP contribution in [0.15, 0.2) is 67.1 Å². The minimum atomic E-state index is -0.757. The Morgan fingerprint density at radius 3 is 2.38 bits per heavy atom. The number of carbonyl (C=O) groups excluding carboxylic acids is 4. The van der Waals surface area contributed by atoms with Crippen molar-refractivity contribution in [1.29, 1.82) is 0 Å². The van der Waals surface area contributed by atoms with Gasteiger partial charge in [-0.1, -0.05) is 18.2 Å². The van der Waals surface area contributed by atoms with Crippen LogP contribution in [0.25, 0.3) is 32.9 Å². The highest BCUT2D eigenvalue weighted by Gasteiger charge is 2.45. The van der Waals surface area contributed by atoms with Gasteiger partial charge < -0.3 is 14.4 Å². The van der Waals surface area contributed by atoms with Crippen LogP contribution < -0.4 is 15.1 Å². The van der Waals surface area contributed by atoms with Crippen LogP contribution in [-0.4, -0.2) is 106 Å². The minimum absolute atomic E-state index is 0.0178. The Balaban J connectivity index is 0.806. The number of benzene rings is 2. The number of fused-ring (bicyclic) bond motifs is 4. The van der Waals surface area contributed by atoms with Crippen LogP contribution >= 0.6 is 0 Å². The number of nitrogens with one attached hydrogen (secondary N) is 1. The Labute approximate surface area is 306 Å². The quantitative estimate of drug-likeness (QED) is 0.252. The van der Waals surface area contributed by atoms with E-state index in [-0.39, 0.29) is 18.5 Å². The van der Waals surface area contributed by atoms with Gasteiger partial charge in [0.15, 0.2) is 0 Å². The van der Waals surface area contributed by atoms with E-state index in [4.69, 9.17) is 4.98 Å². The highest BCUT2D eigenvalue weighted by atomic mass is 16.2. The third-order valence-electron chi connectivity index (χ3n) is 11.5. The maximum atomic E-state index is 13.6. The van der Waals surface area contributed by atoms with E-state index in [9.17, 15) is 19.2 Å². The number of hydrazine groups is 1. The molecule has 5 aromatic rings. The molecule has 7 heterocycles. The summed E-state index contributed by atoms with van der Waals surface area (Å²) >= 11 is 0. The highest BCUT2D eigenvalue weighted by Crippen LogP contribution is 2.36. The number of rotatable bonds is 6. The SMILES string of the molecule is Cc1cc(-c2ccc3c4cnccc4n(C)c3c2)cnc1N1CCN(CC2CCN(c3cccc4c3C(=O)N(N3CCC(=O)NC3=O)C4=O)CC2)CC1. The summed E-state index contributed by atoms with van der Waals surface area (Å²) in [5.74, 6) is 0.104. The lowest BCUT2D eigenvalue weighted by molar-refractivity contribution is -0.122. The van der Waals surface area contributed by atoms with Crippen LogP contribution in [0.4, 0.5) is 16.3 Å². The number of amides is 5. The molecule has 3 fully saturated rings. The first-order valence-corrected chi connectivity index (χ1v) is 18.4. The van der Waals surface area contributed by atoms with Crippen LogP contribution in [-0.2, 0) is 11.8 Å². The zero-order chi connectivity index (χ0) is 36.4. The zero-order valence-electron chi connectivity index (χ0n) is 29.9. The van der Waals surface area contributed by atoms with E-state index in [1.54, 1.807) is 12.1 Å². The molecule has 1 N–H and O–H groups in total. The van der Waals surface area contributed by atoms with Crippen molar-refractivity contribution in [3.63, 3.8) is 0 Å². The van der Waals surface area contributed by atoms with Crippen molar-refractivity contribution in [3.8, 4) is 11.1 Å². The molecule has 0 saturated carbocycles. The van der Waals surface area contributed by atoms with Crippen molar-refractivity contribution >= 4 is 57.1 Å². The molecular formula is C40H41N9O4. The third-order valence-corrected chi connectivity index (χ3v) is 11.5. The first-order chi connectivity index (χ1) is 25.7. The fourth-order valence-corrected chi connectivity index (χ4v) is 8.64. The lowest BCUT2D eigenvalue weighted by Gasteiger charge is -2.40. The highest BCUT2D eigenvalue weighted by molar-refractivity contribution is 6.24. The average molecular weight is 712 g/mol. The van der Waals surface area contributed by atoms with Crippen molar-refractivity contribution in [3.05, 3.63) is 83.8 Å². The number of piperidine rings is 1. The summed E-state index contributed by atoms with van der Waals surface area (Å²) in [5, 5.41) is 6.50. The van der Waals surface area contributed by atoms with Gasteiger partial charge in [-0.15, -0.1) is 0 Å². The molecule has 0 radical (unpaired) electrons. The molecule has 0 bridgehead atoms. The van der Waals surface area contributed by atoms with Crippen LogP contribution in [0.5, 0.6) is 0 Å². The number of nitrogens with zero attached hydrogens (tertiary/aromatic N) is 8. The second-order valence-electron chi connectivity index (χ2n) is 14.6. The molecule has 270 valence electrons. The van der Waals surface area contributed by atoms with E-state index in [1.807, 2.05) is 24.7 Å². The number of anilines is 2.